The highest BCUT2D eigenvalue weighted by molar-refractivity contribution is 6.02. The quantitative estimate of drug-likeness (QED) is 0.112. The first-order valence-electron chi connectivity index (χ1n) is 37.3. The average molecular weight is 1420 g/mol. The van der Waals surface area contributed by atoms with Gasteiger partial charge in [0.1, 0.15) is 29.5 Å². The second kappa shape index (κ2) is 33.0. The van der Waals surface area contributed by atoms with E-state index in [1.54, 1.807) is 42.5 Å². The van der Waals surface area contributed by atoms with E-state index in [1.807, 2.05) is 85.8 Å². The molecule has 2 aliphatic heterocycles. The minimum Gasteiger partial charge on any atom is -0.381 e. The molecule has 10 heterocycles. The van der Waals surface area contributed by atoms with Gasteiger partial charge in [0.15, 0.2) is 5.65 Å². The number of anilines is 1. The number of amides is 1. The van der Waals surface area contributed by atoms with E-state index in [0.29, 0.717) is 41.1 Å². The van der Waals surface area contributed by atoms with Gasteiger partial charge in [-0.25, -0.2) is 23.4 Å². The van der Waals surface area contributed by atoms with E-state index in [1.165, 1.54) is 85.5 Å². The van der Waals surface area contributed by atoms with Gasteiger partial charge in [-0.1, -0.05) is 73.2 Å². The highest BCUT2D eigenvalue weighted by Crippen LogP contribution is 2.42. The van der Waals surface area contributed by atoms with Crippen molar-refractivity contribution < 1.29 is 23.0 Å². The molecule has 0 atom stereocenters. The summed E-state index contributed by atoms with van der Waals surface area (Å²) in [6, 6.07) is 39.3. The van der Waals surface area contributed by atoms with Gasteiger partial charge in [-0.3, -0.25) is 19.7 Å². The fourth-order valence-corrected chi connectivity index (χ4v) is 16.1. The summed E-state index contributed by atoms with van der Waals surface area (Å²) in [5.74, 6) is 1.80. The van der Waals surface area contributed by atoms with E-state index in [2.05, 4.69) is 152 Å². The van der Waals surface area contributed by atoms with Crippen LogP contribution in [0.15, 0.2) is 177 Å². The predicted octanol–water partition coefficient (Wildman–Crippen LogP) is 19.3. The van der Waals surface area contributed by atoms with Gasteiger partial charge in [0, 0.05) is 139 Å². The van der Waals surface area contributed by atoms with Crippen molar-refractivity contribution >= 4 is 55.5 Å². The standard InChI is InChI=1S/C25H25FN4O.C23H27N3O.C21H25N3.C18H18FN3O.CH4/c1-16-4-3-5-19(12-16)30-14-21(20-7-6-17(2)13-22(20)26)23-24(27-15-28-25(23)30)29-18-8-10-31-11-9-18;1-15-4-9-22(16(2)12-15)26-14-21(20-10-11-24-13-23(20)26)18-5-7-19(8-6-18)25-17(3)27;1-14-3-8-20(15(2)11-14)24-13-19(16-4-6-17(22)7-5-16)18-9-10-23-12-21(18)24;1-12-2-3-16(15(19)10-12)22-17-11-20-7-4-14(17)18(21-22)13-5-8-23-9-6-13;/h3-7,12-15,18H,8-11H2,1-2H3,(H,27,28,29);4,9-14,18-19H,5-8H2,1-3H3,(H,25,27);3,8-13,16-17H,4-7,22H2,1-2H3;2-4,7,10-11,13H,5-6,8-9H2,1H3;1H4. The number of fused-ring (bicyclic) bond motifs is 4. The Balaban J connectivity index is 0.000000125. The molecule has 0 spiro atoms. The molecule has 4 aliphatic rings. The first kappa shape index (κ1) is 74.0. The summed E-state index contributed by atoms with van der Waals surface area (Å²) < 4.78 is 48.7. The van der Waals surface area contributed by atoms with Gasteiger partial charge in [-0.15, -0.1) is 0 Å². The molecule has 1 amide bonds. The maximum Gasteiger partial charge on any atom is 0.217 e. The van der Waals surface area contributed by atoms with Crippen molar-refractivity contribution in [3.05, 3.63) is 245 Å². The van der Waals surface area contributed by atoms with Crippen molar-refractivity contribution in [3.8, 4) is 33.9 Å². The maximum absolute atomic E-state index is 15.0. The Kier molecular flexibility index (Phi) is 23.1. The molecule has 106 heavy (non-hydrogen) atoms. The molecule has 2 aliphatic carbocycles. The van der Waals surface area contributed by atoms with Gasteiger partial charge in [0.05, 0.1) is 46.2 Å². The lowest BCUT2D eigenvalue weighted by molar-refractivity contribution is -0.119. The molecule has 4 N–H and O–H groups in total. The van der Waals surface area contributed by atoms with E-state index in [0.717, 1.165) is 152 Å². The van der Waals surface area contributed by atoms with E-state index in [4.69, 9.17) is 20.3 Å². The smallest absolute Gasteiger partial charge is 0.217 e. The number of ether oxygens (including phenoxy) is 2. The van der Waals surface area contributed by atoms with E-state index >= 15 is 4.39 Å². The number of hydrogen-bond donors (Lipinski definition) is 3. The first-order chi connectivity index (χ1) is 51.0. The number of halogens is 2. The summed E-state index contributed by atoms with van der Waals surface area (Å²) in [7, 11) is 0. The second-order valence-electron chi connectivity index (χ2n) is 29.4. The van der Waals surface area contributed by atoms with Crippen LogP contribution in [0.1, 0.15) is 165 Å². The summed E-state index contributed by atoms with van der Waals surface area (Å²) in [6.07, 6.45) is 32.2. The Morgan fingerprint density at radius 1 is 0.500 bits per heavy atom. The van der Waals surface area contributed by atoms with Crippen molar-refractivity contribution in [2.75, 3.05) is 31.7 Å². The molecule has 0 bridgehead atoms. The predicted molar refractivity (Wildman–Crippen MR) is 423 cm³/mol. The lowest BCUT2D eigenvalue weighted by Crippen LogP contribution is -2.35. The maximum atomic E-state index is 15.0. The van der Waals surface area contributed by atoms with Crippen LogP contribution in [0.5, 0.6) is 0 Å². The largest absolute Gasteiger partial charge is 0.381 e. The summed E-state index contributed by atoms with van der Waals surface area (Å²) >= 11 is 0. The molecule has 2 saturated heterocycles. The molecular formula is C88H99F2N13O3. The molecule has 4 fully saturated rings. The van der Waals surface area contributed by atoms with Crippen LogP contribution in [0.2, 0.25) is 0 Å². The summed E-state index contributed by atoms with van der Waals surface area (Å²) in [6.45, 7) is 19.0. The molecule has 16 nitrogen and oxygen atoms in total. The molecule has 0 radical (unpaired) electrons. The van der Waals surface area contributed by atoms with Crippen LogP contribution in [0.4, 0.5) is 14.6 Å². The third kappa shape index (κ3) is 16.2. The van der Waals surface area contributed by atoms with Gasteiger partial charge in [0.25, 0.3) is 0 Å². The van der Waals surface area contributed by atoms with Gasteiger partial charge in [0.2, 0.25) is 5.91 Å². The second-order valence-corrected chi connectivity index (χ2v) is 29.4. The number of rotatable bonds is 11. The van der Waals surface area contributed by atoms with Crippen molar-refractivity contribution in [1.29, 1.82) is 0 Å². The fourth-order valence-electron chi connectivity index (χ4n) is 16.1. The normalized spacial score (nSPS) is 17.7. The molecular weight excluding hydrogens is 1330 g/mol. The lowest BCUT2D eigenvalue weighted by Gasteiger charge is -2.28. The van der Waals surface area contributed by atoms with Crippen LogP contribution >= 0.6 is 0 Å². The number of nitrogens with one attached hydrogen (secondary N) is 2. The molecule has 2 saturated carbocycles. The Labute approximate surface area is 620 Å². The van der Waals surface area contributed by atoms with Crippen molar-refractivity contribution in [2.45, 2.75) is 176 Å². The summed E-state index contributed by atoms with van der Waals surface area (Å²) in [5.41, 5.74) is 27.3. The number of pyridine rings is 3. The number of benzene rings is 5. The zero-order valence-corrected chi connectivity index (χ0v) is 61.6. The van der Waals surface area contributed by atoms with E-state index in [-0.39, 0.29) is 31.0 Å². The number of nitrogens with two attached hydrogens (primary N) is 1. The van der Waals surface area contributed by atoms with Gasteiger partial charge >= 0.3 is 0 Å². The highest BCUT2D eigenvalue weighted by atomic mass is 19.1. The van der Waals surface area contributed by atoms with Crippen LogP contribution in [-0.2, 0) is 14.3 Å². The summed E-state index contributed by atoms with van der Waals surface area (Å²) in [5, 5.41) is 15.9. The number of carbonyl (C=O) groups is 1. The van der Waals surface area contributed by atoms with Gasteiger partial charge in [-0.2, -0.15) is 5.10 Å². The van der Waals surface area contributed by atoms with Crippen molar-refractivity contribution in [3.63, 3.8) is 0 Å². The van der Waals surface area contributed by atoms with Crippen LogP contribution in [0.25, 0.3) is 77.6 Å². The Hall–Kier alpha value is -10.3. The number of carbonyl (C=O) groups excluding carboxylic acids is 1. The fraction of sp³-hybridized carbons (Fsp3) is 0.352. The first-order valence-corrected chi connectivity index (χ1v) is 37.3. The third-order valence-electron chi connectivity index (χ3n) is 21.6. The zero-order valence-electron chi connectivity index (χ0n) is 61.6. The monoisotopic (exact) mass is 1420 g/mol. The molecule has 18 heteroatoms. The number of hydrogen-bond acceptors (Lipinski definition) is 11. The van der Waals surface area contributed by atoms with Crippen LogP contribution < -0.4 is 16.4 Å². The number of aryl methyl sites for hydroxylation is 7. The number of aromatic nitrogens is 10. The Morgan fingerprint density at radius 3 is 1.58 bits per heavy atom. The van der Waals surface area contributed by atoms with Crippen LogP contribution in [0.3, 0.4) is 0 Å². The topological polar surface area (TPSA) is 183 Å². The minimum atomic E-state index is -0.267. The lowest BCUT2D eigenvalue weighted by atomic mass is 9.81. The molecule has 5 aromatic carbocycles. The molecule has 548 valence electrons. The minimum absolute atomic E-state index is 0. The van der Waals surface area contributed by atoms with Gasteiger partial charge < -0.3 is 39.5 Å². The van der Waals surface area contributed by atoms with Crippen LogP contribution in [0, 0.1) is 60.1 Å². The molecule has 17 rings (SSSR count). The Bertz CT molecular complexity index is 5240. The zero-order chi connectivity index (χ0) is 72.8. The van der Waals surface area contributed by atoms with E-state index in [9.17, 15) is 9.18 Å². The molecule has 0 unspecified atom stereocenters. The molecule has 13 aromatic rings. The average Bonchev–Trinajstić information content (AvgIpc) is 1.63. The number of nitrogens with zero attached hydrogens (tertiary/aromatic N) is 10. The molecule has 8 aromatic heterocycles. The van der Waals surface area contributed by atoms with Crippen molar-refractivity contribution in [2.24, 2.45) is 5.73 Å². The van der Waals surface area contributed by atoms with E-state index < -0.39 is 0 Å². The highest BCUT2D eigenvalue weighted by Gasteiger charge is 2.29. The van der Waals surface area contributed by atoms with Gasteiger partial charge in [-0.05, 0) is 237 Å². The third-order valence-corrected chi connectivity index (χ3v) is 21.6. The SMILES string of the molecule is C.CC(=O)NC1CCC(c2cn(-c3ccc(C)cc3C)c3cnccc23)CC1.Cc1ccc(-n2cc(C3CCC(N)CC3)c3ccncc32)c(C)c1.Cc1ccc(-n2nc(C3CCOCC3)c3ccncc32)c(F)c1.Cc1cccc(-n2cc(-c3ccc(C)cc3F)c3c(NC4CCOCC4)ncnc32)c1. The van der Waals surface area contributed by atoms with Crippen molar-refractivity contribution in [1.82, 2.24) is 53.7 Å². The Morgan fingerprint density at radius 2 is 1.02 bits per heavy atom. The summed E-state index contributed by atoms with van der Waals surface area (Å²) in [4.78, 5) is 33.4. The van der Waals surface area contributed by atoms with Crippen LogP contribution in [-0.4, -0.2) is 98.9 Å².